The molecule has 3 heteroatoms. The number of halogens is 1. The van der Waals surface area contributed by atoms with Gasteiger partial charge in [0, 0.05) is 11.1 Å². The second kappa shape index (κ2) is 4.52. The number of hydrogen-bond donors (Lipinski definition) is 1. The molecule has 1 aromatic carbocycles. The molecule has 4 rings (SSSR count). The van der Waals surface area contributed by atoms with E-state index < -0.39 is 0 Å². The Kier molecular flexibility index (Phi) is 3.13. The van der Waals surface area contributed by atoms with Gasteiger partial charge in [0.2, 0.25) is 0 Å². The lowest BCUT2D eigenvalue weighted by atomic mass is 9.82. The lowest BCUT2D eigenvalue weighted by Gasteiger charge is -2.44. The quantitative estimate of drug-likeness (QED) is 0.845. The third-order valence-electron chi connectivity index (χ3n) is 4.99. The number of fused-ring (bicyclic) bond motifs is 4. The fraction of sp³-hybridized carbons (Fsp3) is 0.600. The summed E-state index contributed by atoms with van der Waals surface area (Å²) in [6.45, 7) is 4.62. The molecule has 3 fully saturated rings. The van der Waals surface area contributed by atoms with Crippen molar-refractivity contribution in [1.29, 1.82) is 0 Å². The van der Waals surface area contributed by atoms with Crippen molar-refractivity contribution in [2.45, 2.75) is 37.8 Å². The maximum Gasteiger partial charge on any atom is 0.0584 e. The van der Waals surface area contributed by atoms with Gasteiger partial charge >= 0.3 is 0 Å². The lowest BCUT2D eigenvalue weighted by Crippen LogP contribution is -2.54. The molecule has 0 radical (unpaired) electrons. The van der Waals surface area contributed by atoms with Crippen LogP contribution in [0.3, 0.4) is 0 Å². The molecule has 0 aromatic heterocycles. The average Bonchev–Trinajstić information content (AvgIpc) is 2.56. The predicted molar refractivity (Wildman–Crippen MR) is 75.7 cm³/mol. The molecule has 3 aliphatic heterocycles. The van der Waals surface area contributed by atoms with E-state index in [1.165, 1.54) is 31.5 Å². The molecule has 0 amide bonds. The zero-order valence-electron chi connectivity index (χ0n) is 10.9. The summed E-state index contributed by atoms with van der Waals surface area (Å²) >= 11 is 6.16. The highest BCUT2D eigenvalue weighted by Crippen LogP contribution is 2.42. The smallest absolute Gasteiger partial charge is 0.0584 e. The van der Waals surface area contributed by atoms with Crippen LogP contribution >= 0.6 is 11.6 Å². The molecule has 18 heavy (non-hydrogen) atoms. The Labute approximate surface area is 114 Å². The van der Waals surface area contributed by atoms with Crippen LogP contribution in [0.2, 0.25) is 5.02 Å². The molecule has 0 saturated carbocycles. The fourth-order valence-corrected chi connectivity index (χ4v) is 3.85. The number of nitrogens with zero attached hydrogens (tertiary/aromatic N) is 1. The van der Waals surface area contributed by atoms with Gasteiger partial charge in [0.25, 0.3) is 0 Å². The molecule has 2 bridgehead atoms. The van der Waals surface area contributed by atoms with Crippen molar-refractivity contribution >= 4 is 11.6 Å². The predicted octanol–water partition coefficient (Wildman–Crippen LogP) is 3.00. The molecular formula is C15H21ClN2. The van der Waals surface area contributed by atoms with Crippen LogP contribution in [0.1, 0.15) is 31.7 Å². The largest absolute Gasteiger partial charge is 0.326 e. The normalized spacial score (nSPS) is 39.6. The van der Waals surface area contributed by atoms with E-state index >= 15 is 0 Å². The van der Waals surface area contributed by atoms with Crippen molar-refractivity contribution in [2.75, 3.05) is 13.1 Å². The Morgan fingerprint density at radius 1 is 1.33 bits per heavy atom. The number of hydrogen-bond acceptors (Lipinski definition) is 2. The van der Waals surface area contributed by atoms with Gasteiger partial charge in [0.15, 0.2) is 0 Å². The van der Waals surface area contributed by atoms with Gasteiger partial charge < -0.3 is 5.73 Å². The average molecular weight is 265 g/mol. The lowest BCUT2D eigenvalue weighted by molar-refractivity contribution is 0.0801. The van der Waals surface area contributed by atoms with E-state index in [9.17, 15) is 0 Å². The first-order valence-electron chi connectivity index (χ1n) is 6.87. The summed E-state index contributed by atoms with van der Waals surface area (Å²) in [6.07, 6.45) is 3.73. The zero-order valence-corrected chi connectivity index (χ0v) is 11.7. The molecule has 2 nitrogen and oxygen atoms in total. The van der Waals surface area contributed by atoms with Crippen molar-refractivity contribution in [3.05, 3.63) is 34.9 Å². The van der Waals surface area contributed by atoms with Crippen molar-refractivity contribution in [2.24, 2.45) is 11.7 Å². The topological polar surface area (TPSA) is 29.3 Å². The van der Waals surface area contributed by atoms with Gasteiger partial charge in [0.05, 0.1) is 5.54 Å². The van der Waals surface area contributed by atoms with Crippen LogP contribution in [0.25, 0.3) is 0 Å². The minimum Gasteiger partial charge on any atom is -0.326 e. The third-order valence-corrected chi connectivity index (χ3v) is 5.22. The molecule has 0 spiro atoms. The monoisotopic (exact) mass is 264 g/mol. The van der Waals surface area contributed by atoms with Crippen LogP contribution in [0, 0.1) is 5.92 Å². The molecule has 0 aliphatic carbocycles. The van der Waals surface area contributed by atoms with Gasteiger partial charge in [0.1, 0.15) is 0 Å². The van der Waals surface area contributed by atoms with E-state index in [0.29, 0.717) is 0 Å². The van der Waals surface area contributed by atoms with Gasteiger partial charge in [-0.25, -0.2) is 0 Å². The number of rotatable bonds is 1. The maximum absolute atomic E-state index is 6.53. The molecule has 2 atom stereocenters. The fourth-order valence-electron chi connectivity index (χ4n) is 3.66. The van der Waals surface area contributed by atoms with Crippen LogP contribution in [-0.2, 0) is 5.54 Å². The third kappa shape index (κ3) is 1.87. The van der Waals surface area contributed by atoms with E-state index in [-0.39, 0.29) is 11.6 Å². The molecular weight excluding hydrogens is 244 g/mol. The summed E-state index contributed by atoms with van der Waals surface area (Å²) in [7, 11) is 0. The summed E-state index contributed by atoms with van der Waals surface area (Å²) in [5, 5.41) is 0.806. The molecule has 98 valence electrons. The van der Waals surface area contributed by atoms with Crippen LogP contribution in [0.5, 0.6) is 0 Å². The Morgan fingerprint density at radius 2 is 2.06 bits per heavy atom. The summed E-state index contributed by atoms with van der Waals surface area (Å²) in [5.74, 6) is 0.817. The van der Waals surface area contributed by atoms with Crippen LogP contribution in [-0.4, -0.2) is 24.0 Å². The van der Waals surface area contributed by atoms with Crippen molar-refractivity contribution in [1.82, 2.24) is 4.90 Å². The highest BCUT2D eigenvalue weighted by molar-refractivity contribution is 6.30. The van der Waals surface area contributed by atoms with Gasteiger partial charge in [-0.3, -0.25) is 4.90 Å². The molecule has 3 saturated heterocycles. The Hall–Kier alpha value is -0.570. The SMILES string of the molecule is CC1(c2cccc(Cl)c2)C(N)CC2CCN1CC2. The first-order valence-corrected chi connectivity index (χ1v) is 7.25. The van der Waals surface area contributed by atoms with Gasteiger partial charge in [-0.05, 0) is 62.9 Å². The summed E-state index contributed by atoms with van der Waals surface area (Å²) < 4.78 is 0. The summed E-state index contributed by atoms with van der Waals surface area (Å²) in [5.41, 5.74) is 7.74. The van der Waals surface area contributed by atoms with Crippen molar-refractivity contribution in [3.63, 3.8) is 0 Å². The van der Waals surface area contributed by atoms with E-state index in [1.807, 2.05) is 12.1 Å². The maximum atomic E-state index is 6.53. The number of piperidine rings is 1. The van der Waals surface area contributed by atoms with E-state index in [4.69, 9.17) is 17.3 Å². The second-order valence-electron chi connectivity index (χ2n) is 5.93. The highest BCUT2D eigenvalue weighted by Gasteiger charge is 2.45. The number of benzene rings is 1. The number of nitrogens with two attached hydrogens (primary N) is 1. The summed E-state index contributed by atoms with van der Waals surface area (Å²) in [4.78, 5) is 2.56. The van der Waals surface area contributed by atoms with Gasteiger partial charge in [-0.1, -0.05) is 23.7 Å². The van der Waals surface area contributed by atoms with Crippen LogP contribution < -0.4 is 5.73 Å². The van der Waals surface area contributed by atoms with Crippen LogP contribution in [0.15, 0.2) is 24.3 Å². The van der Waals surface area contributed by atoms with Crippen LogP contribution in [0.4, 0.5) is 0 Å². The zero-order chi connectivity index (χ0) is 12.8. The second-order valence-corrected chi connectivity index (χ2v) is 6.37. The first kappa shape index (κ1) is 12.5. The molecule has 3 heterocycles. The Balaban J connectivity index is 2.05. The Morgan fingerprint density at radius 3 is 2.72 bits per heavy atom. The first-order chi connectivity index (χ1) is 8.60. The van der Waals surface area contributed by atoms with Gasteiger partial charge in [-0.15, -0.1) is 0 Å². The molecule has 2 unspecified atom stereocenters. The standard InChI is InChI=1S/C15H21ClN2/c1-15(12-3-2-4-13(16)10-12)14(17)9-11-5-7-18(15)8-6-11/h2-4,10-11,14H,5-9,17H2,1H3. The molecule has 2 N–H and O–H groups in total. The van der Waals surface area contributed by atoms with E-state index in [2.05, 4.69) is 24.0 Å². The Bertz CT molecular complexity index is 440. The highest BCUT2D eigenvalue weighted by atomic mass is 35.5. The minimum absolute atomic E-state index is 0.0594. The van der Waals surface area contributed by atoms with E-state index in [0.717, 1.165) is 17.4 Å². The molecule has 1 aromatic rings. The summed E-state index contributed by atoms with van der Waals surface area (Å²) in [6, 6.07) is 8.42. The van der Waals surface area contributed by atoms with E-state index in [1.54, 1.807) is 0 Å². The van der Waals surface area contributed by atoms with Crippen molar-refractivity contribution < 1.29 is 0 Å². The van der Waals surface area contributed by atoms with Crippen molar-refractivity contribution in [3.8, 4) is 0 Å². The molecule has 3 aliphatic rings. The van der Waals surface area contributed by atoms with Gasteiger partial charge in [-0.2, -0.15) is 0 Å². The minimum atomic E-state index is -0.0594.